The van der Waals surface area contributed by atoms with Crippen molar-refractivity contribution >= 4 is 16.7 Å². The van der Waals surface area contributed by atoms with Crippen molar-refractivity contribution in [1.82, 2.24) is 9.97 Å². The van der Waals surface area contributed by atoms with Gasteiger partial charge in [0.2, 0.25) is 0 Å². The van der Waals surface area contributed by atoms with E-state index in [-0.39, 0.29) is 5.56 Å². The van der Waals surface area contributed by atoms with Gasteiger partial charge in [0.05, 0.1) is 5.56 Å². The van der Waals surface area contributed by atoms with Gasteiger partial charge in [-0.2, -0.15) is 0 Å². The van der Waals surface area contributed by atoms with Crippen molar-refractivity contribution in [3.05, 3.63) is 60.7 Å². The van der Waals surface area contributed by atoms with Crippen molar-refractivity contribution < 1.29 is 9.90 Å². The van der Waals surface area contributed by atoms with Crippen LogP contribution in [0.25, 0.3) is 21.9 Å². The highest BCUT2D eigenvalue weighted by atomic mass is 16.4. The quantitative estimate of drug-likeness (QED) is 0.759. The summed E-state index contributed by atoms with van der Waals surface area (Å²) in [6.07, 6.45) is 6.51. The second-order valence-electron chi connectivity index (χ2n) is 4.17. The summed E-state index contributed by atoms with van der Waals surface area (Å²) >= 11 is 0. The van der Waals surface area contributed by atoms with E-state index >= 15 is 0 Å². The highest BCUT2D eigenvalue weighted by Gasteiger charge is 2.08. The van der Waals surface area contributed by atoms with E-state index in [0.717, 1.165) is 21.9 Å². The van der Waals surface area contributed by atoms with E-state index in [2.05, 4.69) is 9.97 Å². The Morgan fingerprint density at radius 1 is 1.05 bits per heavy atom. The van der Waals surface area contributed by atoms with Gasteiger partial charge in [-0.05, 0) is 23.1 Å². The molecule has 3 rings (SSSR count). The molecule has 4 heteroatoms. The topological polar surface area (TPSA) is 63.1 Å². The summed E-state index contributed by atoms with van der Waals surface area (Å²) in [4.78, 5) is 19.1. The predicted octanol–water partition coefficient (Wildman–Crippen LogP) is 3.00. The van der Waals surface area contributed by atoms with Crippen LogP contribution in [0.5, 0.6) is 0 Å². The third-order valence-corrected chi connectivity index (χ3v) is 2.98. The molecule has 0 saturated carbocycles. The molecule has 0 atom stereocenters. The molecule has 0 unspecified atom stereocenters. The Kier molecular flexibility index (Phi) is 2.68. The summed E-state index contributed by atoms with van der Waals surface area (Å²) in [6, 6.07) is 9.41. The van der Waals surface area contributed by atoms with E-state index in [1.165, 1.54) is 6.20 Å². The third-order valence-electron chi connectivity index (χ3n) is 2.98. The van der Waals surface area contributed by atoms with Crippen LogP contribution in [-0.4, -0.2) is 21.0 Å². The SMILES string of the molecule is O=C(O)c1cncc(-c2cccc3ccncc23)c1. The second kappa shape index (κ2) is 4.49. The van der Waals surface area contributed by atoms with Gasteiger partial charge in [0.15, 0.2) is 0 Å². The van der Waals surface area contributed by atoms with E-state index in [0.29, 0.717) is 0 Å². The number of hydrogen-bond acceptors (Lipinski definition) is 3. The molecule has 4 nitrogen and oxygen atoms in total. The maximum absolute atomic E-state index is 11.0. The molecule has 0 aliphatic rings. The first-order valence-electron chi connectivity index (χ1n) is 5.77. The van der Waals surface area contributed by atoms with E-state index in [9.17, 15) is 4.79 Å². The number of hydrogen-bond donors (Lipinski definition) is 1. The van der Waals surface area contributed by atoms with Gasteiger partial charge in [-0.1, -0.05) is 18.2 Å². The number of aromatic nitrogens is 2. The van der Waals surface area contributed by atoms with E-state index in [1.54, 1.807) is 24.7 Å². The maximum atomic E-state index is 11.0. The molecule has 92 valence electrons. The van der Waals surface area contributed by atoms with Gasteiger partial charge in [-0.3, -0.25) is 9.97 Å². The smallest absolute Gasteiger partial charge is 0.337 e. The fraction of sp³-hybridized carbons (Fsp3) is 0. The number of benzene rings is 1. The molecule has 1 aromatic carbocycles. The zero-order chi connectivity index (χ0) is 13.2. The molecule has 0 spiro atoms. The number of fused-ring (bicyclic) bond motifs is 1. The standard InChI is InChI=1S/C15H10N2O2/c18-15(19)12-6-11(7-17-8-12)13-3-1-2-10-4-5-16-9-14(10)13/h1-9H,(H,18,19). The monoisotopic (exact) mass is 250 g/mol. The molecule has 3 aromatic rings. The average Bonchev–Trinajstić information content (AvgIpc) is 2.47. The first-order chi connectivity index (χ1) is 9.25. The number of carboxylic acid groups (broad SMARTS) is 1. The predicted molar refractivity (Wildman–Crippen MR) is 71.9 cm³/mol. The lowest BCUT2D eigenvalue weighted by molar-refractivity contribution is 0.0696. The molecule has 0 amide bonds. The number of pyridine rings is 2. The molecule has 0 radical (unpaired) electrons. The Bertz CT molecular complexity index is 763. The van der Waals surface area contributed by atoms with Crippen molar-refractivity contribution in [3.8, 4) is 11.1 Å². The first kappa shape index (κ1) is 11.3. The second-order valence-corrected chi connectivity index (χ2v) is 4.17. The van der Waals surface area contributed by atoms with E-state index < -0.39 is 5.97 Å². The summed E-state index contributed by atoms with van der Waals surface area (Å²) in [6.45, 7) is 0. The number of nitrogens with zero attached hydrogens (tertiary/aromatic N) is 2. The molecule has 2 heterocycles. The summed E-state index contributed by atoms with van der Waals surface area (Å²) in [5.41, 5.74) is 1.89. The molecule has 0 aliphatic carbocycles. The van der Waals surface area contributed by atoms with Crippen LogP contribution < -0.4 is 0 Å². The van der Waals surface area contributed by atoms with Gasteiger partial charge in [0, 0.05) is 35.7 Å². The summed E-state index contributed by atoms with van der Waals surface area (Å²) in [7, 11) is 0. The molecule has 19 heavy (non-hydrogen) atoms. The highest BCUT2D eigenvalue weighted by Crippen LogP contribution is 2.27. The molecule has 0 bridgehead atoms. The van der Waals surface area contributed by atoms with Crippen LogP contribution in [0, 0.1) is 0 Å². The van der Waals surface area contributed by atoms with Gasteiger partial charge in [0.25, 0.3) is 0 Å². The summed E-state index contributed by atoms with van der Waals surface area (Å²) in [5, 5.41) is 11.1. The van der Waals surface area contributed by atoms with Crippen molar-refractivity contribution in [3.63, 3.8) is 0 Å². The fourth-order valence-corrected chi connectivity index (χ4v) is 2.07. The van der Waals surface area contributed by atoms with Crippen LogP contribution in [0.15, 0.2) is 55.1 Å². The summed E-state index contributed by atoms with van der Waals surface area (Å²) < 4.78 is 0. The Hall–Kier alpha value is -2.75. The van der Waals surface area contributed by atoms with Crippen LogP contribution in [0.2, 0.25) is 0 Å². The van der Waals surface area contributed by atoms with E-state index in [4.69, 9.17) is 5.11 Å². The number of rotatable bonds is 2. The Morgan fingerprint density at radius 2 is 1.95 bits per heavy atom. The van der Waals surface area contributed by atoms with Crippen LogP contribution in [0.3, 0.4) is 0 Å². The van der Waals surface area contributed by atoms with Crippen molar-refractivity contribution in [1.29, 1.82) is 0 Å². The van der Waals surface area contributed by atoms with E-state index in [1.807, 2.05) is 24.3 Å². The fourth-order valence-electron chi connectivity index (χ4n) is 2.07. The maximum Gasteiger partial charge on any atom is 0.337 e. The van der Waals surface area contributed by atoms with Gasteiger partial charge >= 0.3 is 5.97 Å². The molecule has 0 aliphatic heterocycles. The molecule has 1 N–H and O–H groups in total. The molecule has 0 fully saturated rings. The van der Waals surface area contributed by atoms with Crippen molar-refractivity contribution in [2.75, 3.05) is 0 Å². The Balaban J connectivity index is 2.24. The zero-order valence-electron chi connectivity index (χ0n) is 9.95. The lowest BCUT2D eigenvalue weighted by atomic mass is 10.0. The molecular weight excluding hydrogens is 240 g/mol. The minimum atomic E-state index is -0.979. The Morgan fingerprint density at radius 3 is 2.79 bits per heavy atom. The van der Waals surface area contributed by atoms with Gasteiger partial charge in [0.1, 0.15) is 0 Å². The van der Waals surface area contributed by atoms with Crippen molar-refractivity contribution in [2.24, 2.45) is 0 Å². The number of carbonyl (C=O) groups is 1. The van der Waals surface area contributed by atoms with Crippen LogP contribution in [0.1, 0.15) is 10.4 Å². The minimum absolute atomic E-state index is 0.179. The number of aromatic carboxylic acids is 1. The first-order valence-corrected chi connectivity index (χ1v) is 5.77. The zero-order valence-corrected chi connectivity index (χ0v) is 9.95. The molecule has 0 saturated heterocycles. The van der Waals surface area contributed by atoms with Crippen molar-refractivity contribution in [2.45, 2.75) is 0 Å². The molecular formula is C15H10N2O2. The number of carboxylic acids is 1. The van der Waals surface area contributed by atoms with Gasteiger partial charge < -0.3 is 5.11 Å². The lowest BCUT2D eigenvalue weighted by Gasteiger charge is -2.06. The molecule has 2 aromatic heterocycles. The summed E-state index contributed by atoms with van der Waals surface area (Å²) in [5.74, 6) is -0.979. The third kappa shape index (κ3) is 2.04. The lowest BCUT2D eigenvalue weighted by Crippen LogP contribution is -1.97. The van der Waals surface area contributed by atoms with Gasteiger partial charge in [-0.25, -0.2) is 4.79 Å². The van der Waals surface area contributed by atoms with Gasteiger partial charge in [-0.15, -0.1) is 0 Å². The largest absolute Gasteiger partial charge is 0.478 e. The van der Waals surface area contributed by atoms with Crippen LogP contribution >= 0.6 is 0 Å². The van der Waals surface area contributed by atoms with Crippen LogP contribution in [-0.2, 0) is 0 Å². The average molecular weight is 250 g/mol. The normalized spacial score (nSPS) is 10.5. The highest BCUT2D eigenvalue weighted by molar-refractivity contribution is 5.97. The Labute approximate surface area is 109 Å². The minimum Gasteiger partial charge on any atom is -0.478 e. The van der Waals surface area contributed by atoms with Crippen LogP contribution in [0.4, 0.5) is 0 Å².